The van der Waals surface area contributed by atoms with Crippen LogP contribution >= 0.6 is 11.3 Å². The molecule has 0 aliphatic heterocycles. The van der Waals surface area contributed by atoms with E-state index in [0.29, 0.717) is 0 Å². The molecule has 2 atom stereocenters. The van der Waals surface area contributed by atoms with Gasteiger partial charge >= 0.3 is 0 Å². The van der Waals surface area contributed by atoms with Gasteiger partial charge in [-0.3, -0.25) is 0 Å². The monoisotopic (exact) mass is 256 g/mol. The molecule has 0 aliphatic rings. The highest BCUT2D eigenvalue weighted by molar-refractivity contribution is 7.11. The van der Waals surface area contributed by atoms with Crippen LogP contribution in [0.2, 0.25) is 0 Å². The molecule has 3 nitrogen and oxygen atoms in total. The van der Waals surface area contributed by atoms with Gasteiger partial charge in [-0.25, -0.2) is 4.98 Å². The van der Waals surface area contributed by atoms with Crippen LogP contribution < -0.4 is 5.32 Å². The lowest BCUT2D eigenvalue weighted by Crippen LogP contribution is -2.35. The maximum atomic E-state index is 9.36. The molecule has 1 heterocycles. The third kappa shape index (κ3) is 4.05. The van der Waals surface area contributed by atoms with E-state index in [1.807, 2.05) is 6.20 Å². The number of hydrogen-bond acceptors (Lipinski definition) is 4. The van der Waals surface area contributed by atoms with Crippen molar-refractivity contribution in [1.82, 2.24) is 10.3 Å². The van der Waals surface area contributed by atoms with E-state index in [-0.39, 0.29) is 18.1 Å². The van der Waals surface area contributed by atoms with Crippen molar-refractivity contribution in [3.05, 3.63) is 16.1 Å². The number of hydrogen-bond donors (Lipinski definition) is 2. The number of aromatic nitrogens is 1. The fourth-order valence-corrected chi connectivity index (χ4v) is 2.35. The van der Waals surface area contributed by atoms with Crippen LogP contribution in [0.4, 0.5) is 0 Å². The highest BCUT2D eigenvalue weighted by Gasteiger charge is 2.22. The van der Waals surface area contributed by atoms with Crippen molar-refractivity contribution in [2.24, 2.45) is 5.41 Å². The fraction of sp³-hybridized carbons (Fsp3) is 0.769. The average Bonchev–Trinajstić information content (AvgIpc) is 2.84. The summed E-state index contributed by atoms with van der Waals surface area (Å²) < 4.78 is 0. The summed E-state index contributed by atoms with van der Waals surface area (Å²) >= 11 is 1.77. The lowest BCUT2D eigenvalue weighted by Gasteiger charge is -2.27. The molecule has 0 bridgehead atoms. The van der Waals surface area contributed by atoms with E-state index in [2.05, 4.69) is 38.0 Å². The standard InChI is InChI=1S/C13H24N2OS/c1-5-11-7-14-12(17-11)10(3)15-8-13(4,6-2)9-16/h7,10,15-16H,5-6,8-9H2,1-4H3. The fourth-order valence-electron chi connectivity index (χ4n) is 1.47. The molecule has 1 rings (SSSR count). The van der Waals surface area contributed by atoms with Gasteiger partial charge in [0.05, 0.1) is 6.04 Å². The van der Waals surface area contributed by atoms with Crippen LogP contribution in [0.3, 0.4) is 0 Å². The maximum absolute atomic E-state index is 9.36. The number of nitrogens with zero attached hydrogens (tertiary/aromatic N) is 1. The summed E-state index contributed by atoms with van der Waals surface area (Å²) in [4.78, 5) is 5.76. The number of aliphatic hydroxyl groups excluding tert-OH is 1. The highest BCUT2D eigenvalue weighted by Crippen LogP contribution is 2.23. The summed E-state index contributed by atoms with van der Waals surface area (Å²) in [5, 5.41) is 14.0. The van der Waals surface area contributed by atoms with E-state index < -0.39 is 0 Å². The molecule has 4 heteroatoms. The lowest BCUT2D eigenvalue weighted by molar-refractivity contribution is 0.132. The van der Waals surface area contributed by atoms with Crippen LogP contribution in [0, 0.1) is 5.41 Å². The SMILES string of the molecule is CCc1cnc(C(C)NCC(C)(CC)CO)s1. The first-order valence-corrected chi connectivity index (χ1v) is 7.15. The smallest absolute Gasteiger partial charge is 0.109 e. The van der Waals surface area contributed by atoms with Gasteiger partial charge in [0.2, 0.25) is 0 Å². The molecule has 98 valence electrons. The second-order valence-electron chi connectivity index (χ2n) is 4.94. The van der Waals surface area contributed by atoms with Gasteiger partial charge in [0.25, 0.3) is 0 Å². The van der Waals surface area contributed by atoms with Gasteiger partial charge in [0.1, 0.15) is 5.01 Å². The van der Waals surface area contributed by atoms with Crippen molar-refractivity contribution >= 4 is 11.3 Å². The number of rotatable bonds is 7. The van der Waals surface area contributed by atoms with Crippen molar-refractivity contribution < 1.29 is 5.11 Å². The first kappa shape index (κ1) is 14.6. The predicted octanol–water partition coefficient (Wildman–Crippen LogP) is 2.76. The van der Waals surface area contributed by atoms with E-state index in [0.717, 1.165) is 24.4 Å². The largest absolute Gasteiger partial charge is 0.396 e. The van der Waals surface area contributed by atoms with Crippen LogP contribution in [0.25, 0.3) is 0 Å². The van der Waals surface area contributed by atoms with E-state index in [1.54, 1.807) is 11.3 Å². The van der Waals surface area contributed by atoms with Crippen molar-refractivity contribution in [3.63, 3.8) is 0 Å². The summed E-state index contributed by atoms with van der Waals surface area (Å²) in [6.45, 7) is 9.54. The molecule has 0 saturated carbocycles. The van der Waals surface area contributed by atoms with Gasteiger partial charge < -0.3 is 10.4 Å². The Morgan fingerprint density at radius 3 is 2.71 bits per heavy atom. The molecule has 2 unspecified atom stereocenters. The zero-order valence-electron chi connectivity index (χ0n) is 11.3. The summed E-state index contributed by atoms with van der Waals surface area (Å²) in [7, 11) is 0. The third-order valence-corrected chi connectivity index (χ3v) is 4.69. The Balaban J connectivity index is 2.51. The molecular weight excluding hydrogens is 232 g/mol. The molecule has 0 radical (unpaired) electrons. The summed E-state index contributed by atoms with van der Waals surface area (Å²) in [5.41, 5.74) is -0.0287. The average molecular weight is 256 g/mol. The molecule has 0 spiro atoms. The van der Waals surface area contributed by atoms with Gasteiger partial charge in [-0.1, -0.05) is 20.8 Å². The maximum Gasteiger partial charge on any atom is 0.109 e. The first-order chi connectivity index (χ1) is 8.04. The Hall–Kier alpha value is -0.450. The molecule has 0 saturated heterocycles. The van der Waals surface area contributed by atoms with Gasteiger partial charge in [-0.15, -0.1) is 11.3 Å². The lowest BCUT2D eigenvalue weighted by atomic mass is 9.88. The predicted molar refractivity (Wildman–Crippen MR) is 73.4 cm³/mol. The number of thiazole rings is 1. The molecule has 1 aromatic rings. The Labute approximate surface area is 108 Å². The molecule has 0 fully saturated rings. The van der Waals surface area contributed by atoms with E-state index in [1.165, 1.54) is 4.88 Å². The first-order valence-electron chi connectivity index (χ1n) is 6.33. The van der Waals surface area contributed by atoms with Crippen molar-refractivity contribution in [2.45, 2.75) is 46.6 Å². The molecular formula is C13H24N2OS. The number of nitrogens with one attached hydrogen (secondary N) is 1. The Morgan fingerprint density at radius 2 is 2.24 bits per heavy atom. The molecule has 2 N–H and O–H groups in total. The van der Waals surface area contributed by atoms with Gasteiger partial charge in [-0.2, -0.15) is 0 Å². The van der Waals surface area contributed by atoms with Crippen molar-refractivity contribution in [3.8, 4) is 0 Å². The van der Waals surface area contributed by atoms with Gasteiger partial charge in [0.15, 0.2) is 0 Å². The van der Waals surface area contributed by atoms with Gasteiger partial charge in [-0.05, 0) is 19.8 Å². The molecule has 0 aliphatic carbocycles. The zero-order valence-corrected chi connectivity index (χ0v) is 12.1. The molecule has 1 aromatic heterocycles. The van der Waals surface area contributed by atoms with Gasteiger partial charge in [0, 0.05) is 29.6 Å². The minimum absolute atomic E-state index is 0.0287. The van der Waals surface area contributed by atoms with Crippen LogP contribution in [-0.2, 0) is 6.42 Å². The Morgan fingerprint density at radius 1 is 1.53 bits per heavy atom. The van der Waals surface area contributed by atoms with Crippen LogP contribution in [-0.4, -0.2) is 23.2 Å². The Bertz CT molecular complexity index is 334. The normalized spacial score (nSPS) is 16.8. The minimum atomic E-state index is -0.0287. The van der Waals surface area contributed by atoms with E-state index in [9.17, 15) is 5.11 Å². The van der Waals surface area contributed by atoms with Crippen molar-refractivity contribution in [2.75, 3.05) is 13.2 Å². The highest BCUT2D eigenvalue weighted by atomic mass is 32.1. The quantitative estimate of drug-likeness (QED) is 0.788. The van der Waals surface area contributed by atoms with E-state index in [4.69, 9.17) is 0 Å². The molecule has 17 heavy (non-hydrogen) atoms. The van der Waals surface area contributed by atoms with Crippen LogP contribution in [0.1, 0.15) is 50.0 Å². The summed E-state index contributed by atoms with van der Waals surface area (Å²) in [6.07, 6.45) is 3.98. The molecule has 0 amide bonds. The topological polar surface area (TPSA) is 45.2 Å². The van der Waals surface area contributed by atoms with Crippen molar-refractivity contribution in [1.29, 1.82) is 0 Å². The minimum Gasteiger partial charge on any atom is -0.396 e. The van der Waals surface area contributed by atoms with Crippen LogP contribution in [0.15, 0.2) is 6.20 Å². The van der Waals surface area contributed by atoms with E-state index >= 15 is 0 Å². The molecule has 0 aromatic carbocycles. The number of aryl methyl sites for hydroxylation is 1. The number of aliphatic hydroxyl groups is 1. The zero-order chi connectivity index (χ0) is 12.9. The third-order valence-electron chi connectivity index (χ3n) is 3.36. The second-order valence-corrected chi connectivity index (χ2v) is 6.09. The van der Waals surface area contributed by atoms with Crippen LogP contribution in [0.5, 0.6) is 0 Å². The second kappa shape index (κ2) is 6.47. The summed E-state index contributed by atoms with van der Waals surface area (Å²) in [5.74, 6) is 0. The Kier molecular flexibility index (Phi) is 5.56. The summed E-state index contributed by atoms with van der Waals surface area (Å²) in [6, 6.07) is 0.262.